The van der Waals surface area contributed by atoms with E-state index in [1.165, 1.54) is 0 Å². The summed E-state index contributed by atoms with van der Waals surface area (Å²) in [5, 5.41) is 4.05. The molecular weight excluding hydrogens is 216 g/mol. The zero-order valence-electron chi connectivity index (χ0n) is 9.86. The van der Waals surface area contributed by atoms with Gasteiger partial charge in [0.2, 0.25) is 0 Å². The zero-order valence-corrected chi connectivity index (χ0v) is 9.86. The molecule has 4 nitrogen and oxygen atoms in total. The maximum Gasteiger partial charge on any atom is 0.184 e. The number of ether oxygens (including phenoxy) is 2. The maximum atomic E-state index is 5.86. The number of aryl methyl sites for hydroxylation is 1. The Morgan fingerprint density at radius 2 is 2.18 bits per heavy atom. The lowest BCUT2D eigenvalue weighted by Crippen LogP contribution is -2.39. The molecular formula is C13H14N2O2. The third-order valence-corrected chi connectivity index (χ3v) is 2.90. The lowest BCUT2D eigenvalue weighted by Gasteiger charge is -2.26. The molecule has 0 unspecified atom stereocenters. The molecule has 4 heteroatoms. The van der Waals surface area contributed by atoms with Crippen molar-refractivity contribution in [3.8, 4) is 11.5 Å². The molecule has 1 aromatic carbocycles. The molecule has 0 amide bonds. The SMILES string of the molecule is CN[C@@H]1COc2ccc3nc(C)ccc3c2O1. The number of hydrogen-bond acceptors (Lipinski definition) is 4. The summed E-state index contributed by atoms with van der Waals surface area (Å²) in [4.78, 5) is 4.48. The number of likely N-dealkylation sites (N-methyl/N-ethyl adjacent to an activating group) is 1. The van der Waals surface area contributed by atoms with Crippen molar-refractivity contribution in [1.29, 1.82) is 0 Å². The quantitative estimate of drug-likeness (QED) is 0.812. The molecule has 0 fully saturated rings. The highest BCUT2D eigenvalue weighted by Crippen LogP contribution is 2.37. The van der Waals surface area contributed by atoms with Crippen LogP contribution in [0, 0.1) is 6.92 Å². The van der Waals surface area contributed by atoms with Crippen LogP contribution in [-0.4, -0.2) is 24.9 Å². The van der Waals surface area contributed by atoms with Crippen molar-refractivity contribution >= 4 is 10.9 Å². The zero-order chi connectivity index (χ0) is 11.8. The predicted molar refractivity (Wildman–Crippen MR) is 65.5 cm³/mol. The second kappa shape index (κ2) is 3.89. The predicted octanol–water partition coefficient (Wildman–Crippen LogP) is 1.86. The first-order valence-corrected chi connectivity index (χ1v) is 5.65. The van der Waals surface area contributed by atoms with Gasteiger partial charge in [-0.1, -0.05) is 0 Å². The third kappa shape index (κ3) is 1.70. The van der Waals surface area contributed by atoms with Crippen molar-refractivity contribution in [1.82, 2.24) is 10.3 Å². The smallest absolute Gasteiger partial charge is 0.184 e. The van der Waals surface area contributed by atoms with Crippen LogP contribution in [0.4, 0.5) is 0 Å². The molecule has 0 saturated heterocycles. The van der Waals surface area contributed by atoms with Crippen molar-refractivity contribution in [2.24, 2.45) is 0 Å². The molecule has 17 heavy (non-hydrogen) atoms. The van der Waals surface area contributed by atoms with Gasteiger partial charge < -0.3 is 9.47 Å². The van der Waals surface area contributed by atoms with Crippen LogP contribution < -0.4 is 14.8 Å². The van der Waals surface area contributed by atoms with Crippen molar-refractivity contribution in [3.05, 3.63) is 30.0 Å². The molecule has 3 rings (SSSR count). The van der Waals surface area contributed by atoms with Crippen molar-refractivity contribution in [3.63, 3.8) is 0 Å². The molecule has 1 N–H and O–H groups in total. The van der Waals surface area contributed by atoms with E-state index >= 15 is 0 Å². The van der Waals surface area contributed by atoms with Gasteiger partial charge in [-0.05, 0) is 38.2 Å². The van der Waals surface area contributed by atoms with Crippen LogP contribution in [0.15, 0.2) is 24.3 Å². The van der Waals surface area contributed by atoms with Gasteiger partial charge in [-0.15, -0.1) is 0 Å². The molecule has 1 aliphatic rings. The highest BCUT2D eigenvalue weighted by atomic mass is 16.6. The van der Waals surface area contributed by atoms with Gasteiger partial charge in [0, 0.05) is 11.1 Å². The molecule has 0 radical (unpaired) electrons. The van der Waals surface area contributed by atoms with E-state index in [0.29, 0.717) is 6.61 Å². The van der Waals surface area contributed by atoms with Gasteiger partial charge in [0.1, 0.15) is 6.61 Å². The highest BCUT2D eigenvalue weighted by molar-refractivity contribution is 5.88. The topological polar surface area (TPSA) is 43.4 Å². The Morgan fingerprint density at radius 1 is 1.29 bits per heavy atom. The van der Waals surface area contributed by atoms with Gasteiger partial charge in [-0.2, -0.15) is 0 Å². The fourth-order valence-corrected chi connectivity index (χ4v) is 1.98. The van der Waals surface area contributed by atoms with Crippen molar-refractivity contribution in [2.45, 2.75) is 13.2 Å². The van der Waals surface area contributed by atoms with Gasteiger partial charge in [0.05, 0.1) is 5.52 Å². The summed E-state index contributed by atoms with van der Waals surface area (Å²) in [6, 6.07) is 7.88. The number of pyridine rings is 1. The second-order valence-corrected chi connectivity index (χ2v) is 4.12. The summed E-state index contributed by atoms with van der Waals surface area (Å²) >= 11 is 0. The molecule has 0 spiro atoms. The minimum absolute atomic E-state index is 0.102. The van der Waals surface area contributed by atoms with Crippen LogP contribution in [-0.2, 0) is 0 Å². The van der Waals surface area contributed by atoms with Crippen LogP contribution in [0.25, 0.3) is 10.9 Å². The first-order chi connectivity index (χ1) is 8.28. The fraction of sp³-hybridized carbons (Fsp3) is 0.308. The van der Waals surface area contributed by atoms with Crippen LogP contribution in [0.3, 0.4) is 0 Å². The number of rotatable bonds is 1. The van der Waals surface area contributed by atoms with Gasteiger partial charge >= 0.3 is 0 Å². The van der Waals surface area contributed by atoms with Gasteiger partial charge in [0.15, 0.2) is 17.7 Å². The number of hydrogen-bond donors (Lipinski definition) is 1. The summed E-state index contributed by atoms with van der Waals surface area (Å²) in [6.07, 6.45) is -0.102. The molecule has 1 atom stereocenters. The summed E-state index contributed by atoms with van der Waals surface area (Å²) in [6.45, 7) is 2.50. The largest absolute Gasteiger partial charge is 0.484 e. The molecule has 0 aliphatic carbocycles. The van der Waals surface area contributed by atoms with Crippen molar-refractivity contribution in [2.75, 3.05) is 13.7 Å². The normalized spacial score (nSPS) is 18.4. The summed E-state index contributed by atoms with van der Waals surface area (Å²) < 4.78 is 11.5. The average Bonchev–Trinajstić information content (AvgIpc) is 2.37. The fourth-order valence-electron chi connectivity index (χ4n) is 1.98. The van der Waals surface area contributed by atoms with Crippen LogP contribution >= 0.6 is 0 Å². The van der Waals surface area contributed by atoms with Crippen LogP contribution in [0.1, 0.15) is 5.69 Å². The van der Waals surface area contributed by atoms with E-state index in [4.69, 9.17) is 9.47 Å². The number of benzene rings is 1. The Bertz CT molecular complexity index is 569. The Labute approximate surface area is 99.6 Å². The lowest BCUT2D eigenvalue weighted by atomic mass is 10.1. The molecule has 88 valence electrons. The number of fused-ring (bicyclic) bond motifs is 3. The number of nitrogens with zero attached hydrogens (tertiary/aromatic N) is 1. The highest BCUT2D eigenvalue weighted by Gasteiger charge is 2.21. The monoisotopic (exact) mass is 230 g/mol. The summed E-state index contributed by atoms with van der Waals surface area (Å²) in [5.41, 5.74) is 1.93. The first kappa shape index (κ1) is 10.4. The molecule has 1 aliphatic heterocycles. The van der Waals surface area contributed by atoms with E-state index in [-0.39, 0.29) is 6.23 Å². The Morgan fingerprint density at radius 3 is 3.00 bits per heavy atom. The average molecular weight is 230 g/mol. The van der Waals surface area contributed by atoms with Gasteiger partial charge in [-0.3, -0.25) is 10.3 Å². The lowest BCUT2D eigenvalue weighted by molar-refractivity contribution is 0.0745. The Kier molecular flexibility index (Phi) is 2.37. The minimum Gasteiger partial charge on any atom is -0.484 e. The van der Waals surface area contributed by atoms with Crippen molar-refractivity contribution < 1.29 is 9.47 Å². The number of aromatic nitrogens is 1. The second-order valence-electron chi connectivity index (χ2n) is 4.12. The van der Waals surface area contributed by atoms with E-state index in [1.54, 1.807) is 0 Å². The molecule has 2 aromatic rings. The van der Waals surface area contributed by atoms with E-state index in [2.05, 4.69) is 10.3 Å². The first-order valence-electron chi connectivity index (χ1n) is 5.65. The molecule has 0 bridgehead atoms. The third-order valence-electron chi connectivity index (χ3n) is 2.90. The van der Waals surface area contributed by atoms with Crippen LogP contribution in [0.5, 0.6) is 11.5 Å². The molecule has 2 heterocycles. The van der Waals surface area contributed by atoms with E-state index in [9.17, 15) is 0 Å². The van der Waals surface area contributed by atoms with Gasteiger partial charge in [0.25, 0.3) is 0 Å². The molecule has 1 aromatic heterocycles. The Balaban J connectivity index is 2.17. The van der Waals surface area contributed by atoms with E-state index < -0.39 is 0 Å². The summed E-state index contributed by atoms with van der Waals surface area (Å²) in [5.74, 6) is 1.57. The maximum absolute atomic E-state index is 5.86. The van der Waals surface area contributed by atoms with Crippen LogP contribution in [0.2, 0.25) is 0 Å². The molecule has 0 saturated carbocycles. The number of nitrogens with one attached hydrogen (secondary N) is 1. The summed E-state index contributed by atoms with van der Waals surface area (Å²) in [7, 11) is 1.85. The minimum atomic E-state index is -0.102. The van der Waals surface area contributed by atoms with E-state index in [0.717, 1.165) is 28.1 Å². The standard InChI is InChI=1S/C13H14N2O2/c1-8-3-4-9-10(15-8)5-6-11-13(9)17-12(14-2)7-16-11/h3-6,12,14H,7H2,1-2H3/t12-/m0/s1. The Hall–Kier alpha value is -1.81. The van der Waals surface area contributed by atoms with Gasteiger partial charge in [-0.25, -0.2) is 0 Å². The van der Waals surface area contributed by atoms with E-state index in [1.807, 2.05) is 38.2 Å².